The number of ether oxygens (including phenoxy) is 1. The number of carbonyl (C=O) groups excluding carboxylic acids is 2. The van der Waals surface area contributed by atoms with Gasteiger partial charge in [-0.2, -0.15) is 0 Å². The summed E-state index contributed by atoms with van der Waals surface area (Å²) in [6.07, 6.45) is 0. The van der Waals surface area contributed by atoms with Crippen LogP contribution in [-0.2, 0) is 14.3 Å². The molecule has 1 atom stereocenters. The lowest BCUT2D eigenvalue weighted by Crippen LogP contribution is -2.38. The average molecular weight is 259 g/mol. The van der Waals surface area contributed by atoms with Crippen LogP contribution in [-0.4, -0.2) is 25.5 Å². The van der Waals surface area contributed by atoms with E-state index < -0.39 is 17.9 Å². The molecule has 6 heteroatoms. The number of benzene rings is 1. The molecule has 0 fully saturated rings. The van der Waals surface area contributed by atoms with Crippen LogP contribution >= 0.6 is 12.4 Å². The Morgan fingerprint density at radius 1 is 1.35 bits per heavy atom. The summed E-state index contributed by atoms with van der Waals surface area (Å²) in [5.74, 6) is -0.924. The van der Waals surface area contributed by atoms with Crippen molar-refractivity contribution in [1.82, 2.24) is 5.32 Å². The summed E-state index contributed by atoms with van der Waals surface area (Å²) in [5.41, 5.74) is 5.84. The molecule has 1 amide bonds. The first-order valence-electron chi connectivity index (χ1n) is 4.81. The summed E-state index contributed by atoms with van der Waals surface area (Å²) in [7, 11) is 1.27. The van der Waals surface area contributed by atoms with Crippen molar-refractivity contribution in [2.45, 2.75) is 6.04 Å². The summed E-state index contributed by atoms with van der Waals surface area (Å²) in [5, 5.41) is 2.50. The number of carbonyl (C=O) groups is 2. The van der Waals surface area contributed by atoms with Crippen molar-refractivity contribution >= 4 is 24.3 Å². The first-order valence-corrected chi connectivity index (χ1v) is 4.81. The molecule has 0 spiro atoms. The van der Waals surface area contributed by atoms with Crippen LogP contribution in [0.15, 0.2) is 30.3 Å². The number of nitrogens with two attached hydrogens (primary N) is 1. The summed E-state index contributed by atoms with van der Waals surface area (Å²) in [4.78, 5) is 22.7. The highest BCUT2D eigenvalue weighted by Gasteiger charge is 2.22. The van der Waals surface area contributed by atoms with Crippen LogP contribution in [0.4, 0.5) is 0 Å². The van der Waals surface area contributed by atoms with Gasteiger partial charge in [-0.05, 0) is 5.56 Å². The van der Waals surface area contributed by atoms with Gasteiger partial charge < -0.3 is 15.8 Å². The fourth-order valence-corrected chi connectivity index (χ4v) is 1.26. The highest BCUT2D eigenvalue weighted by atomic mass is 35.5. The van der Waals surface area contributed by atoms with E-state index in [2.05, 4.69) is 10.1 Å². The molecule has 0 aliphatic heterocycles. The van der Waals surface area contributed by atoms with Gasteiger partial charge >= 0.3 is 5.97 Å². The Bertz CT molecular complexity index is 370. The number of halogens is 1. The maximum absolute atomic E-state index is 11.5. The average Bonchev–Trinajstić information content (AvgIpc) is 2.35. The molecule has 0 aliphatic carbocycles. The lowest BCUT2D eigenvalue weighted by molar-refractivity contribution is -0.145. The second-order valence-electron chi connectivity index (χ2n) is 3.14. The molecule has 0 heterocycles. The van der Waals surface area contributed by atoms with E-state index in [1.165, 1.54) is 7.11 Å². The molecule has 1 aromatic rings. The van der Waals surface area contributed by atoms with Crippen LogP contribution in [0.5, 0.6) is 0 Å². The predicted molar refractivity (Wildman–Crippen MR) is 65.6 cm³/mol. The maximum Gasteiger partial charge on any atom is 0.333 e. The maximum atomic E-state index is 11.5. The third kappa shape index (κ3) is 4.42. The number of nitrogens with one attached hydrogen (secondary N) is 1. The normalized spacial score (nSPS) is 10.9. The van der Waals surface area contributed by atoms with E-state index in [4.69, 9.17) is 5.73 Å². The molecule has 1 aromatic carbocycles. The van der Waals surface area contributed by atoms with Crippen LogP contribution in [0.25, 0.3) is 0 Å². The molecule has 17 heavy (non-hydrogen) atoms. The van der Waals surface area contributed by atoms with Crippen molar-refractivity contribution in [3.8, 4) is 0 Å². The first-order chi connectivity index (χ1) is 7.69. The minimum atomic E-state index is -0.803. The minimum absolute atomic E-state index is 0. The minimum Gasteiger partial charge on any atom is -0.467 e. The molecule has 0 unspecified atom stereocenters. The van der Waals surface area contributed by atoms with Gasteiger partial charge in [0, 0.05) is 0 Å². The zero-order chi connectivity index (χ0) is 12.0. The number of hydrogen-bond donors (Lipinski definition) is 2. The molecule has 0 saturated carbocycles. The Labute approximate surface area is 106 Å². The van der Waals surface area contributed by atoms with Gasteiger partial charge in [-0.25, -0.2) is 4.79 Å². The monoisotopic (exact) mass is 258 g/mol. The van der Waals surface area contributed by atoms with Crippen LogP contribution in [0, 0.1) is 0 Å². The van der Waals surface area contributed by atoms with Crippen molar-refractivity contribution in [2.24, 2.45) is 5.73 Å². The second kappa shape index (κ2) is 7.65. The van der Waals surface area contributed by atoms with E-state index in [1.54, 1.807) is 24.3 Å². The van der Waals surface area contributed by atoms with E-state index in [0.29, 0.717) is 5.56 Å². The van der Waals surface area contributed by atoms with Gasteiger partial charge in [0.1, 0.15) is 0 Å². The second-order valence-corrected chi connectivity index (χ2v) is 3.14. The molecule has 0 aromatic heterocycles. The van der Waals surface area contributed by atoms with E-state index in [9.17, 15) is 9.59 Å². The van der Waals surface area contributed by atoms with Crippen LogP contribution < -0.4 is 11.1 Å². The quantitative estimate of drug-likeness (QED) is 0.766. The zero-order valence-corrected chi connectivity index (χ0v) is 10.2. The number of amides is 1. The predicted octanol–water partition coefficient (Wildman–Crippen LogP) is 0.397. The van der Waals surface area contributed by atoms with Gasteiger partial charge in [0.05, 0.1) is 13.7 Å². The number of rotatable bonds is 4. The molecule has 0 bridgehead atoms. The third-order valence-corrected chi connectivity index (χ3v) is 2.06. The first kappa shape index (κ1) is 15.4. The molecule has 0 saturated heterocycles. The molecule has 94 valence electrons. The topological polar surface area (TPSA) is 81.4 Å². The summed E-state index contributed by atoms with van der Waals surface area (Å²) in [6.45, 7) is -0.166. The largest absolute Gasteiger partial charge is 0.467 e. The van der Waals surface area contributed by atoms with E-state index in [0.717, 1.165) is 0 Å². The van der Waals surface area contributed by atoms with E-state index >= 15 is 0 Å². The summed E-state index contributed by atoms with van der Waals surface area (Å²) in [6, 6.07) is 8.04. The lowest BCUT2D eigenvalue weighted by atomic mass is 10.1. The smallest absolute Gasteiger partial charge is 0.333 e. The van der Waals surface area contributed by atoms with E-state index in [-0.39, 0.29) is 19.0 Å². The van der Waals surface area contributed by atoms with E-state index in [1.807, 2.05) is 6.07 Å². The molecule has 3 N–H and O–H groups in total. The van der Waals surface area contributed by atoms with Gasteiger partial charge in [0.25, 0.3) is 0 Å². The van der Waals surface area contributed by atoms with Crippen LogP contribution in [0.3, 0.4) is 0 Å². The Kier molecular flexibility index (Phi) is 6.93. The molecule has 0 aliphatic rings. The Morgan fingerprint density at radius 3 is 2.41 bits per heavy atom. The van der Waals surface area contributed by atoms with Crippen molar-refractivity contribution in [3.05, 3.63) is 35.9 Å². The SMILES string of the molecule is COC(=O)[C@@H](NC(=O)CN)c1ccccc1.Cl. The highest BCUT2D eigenvalue weighted by Crippen LogP contribution is 2.13. The van der Waals surface area contributed by atoms with Gasteiger partial charge in [-0.15, -0.1) is 12.4 Å². The summed E-state index contributed by atoms with van der Waals surface area (Å²) >= 11 is 0. The number of methoxy groups -OCH3 is 1. The number of hydrogen-bond acceptors (Lipinski definition) is 4. The number of esters is 1. The van der Waals surface area contributed by atoms with Crippen LogP contribution in [0.2, 0.25) is 0 Å². The van der Waals surface area contributed by atoms with Crippen molar-refractivity contribution in [1.29, 1.82) is 0 Å². The zero-order valence-electron chi connectivity index (χ0n) is 9.38. The third-order valence-electron chi connectivity index (χ3n) is 2.06. The molecular formula is C11H15ClN2O3. The molecular weight excluding hydrogens is 244 g/mol. The van der Waals surface area contributed by atoms with Gasteiger partial charge in [-0.1, -0.05) is 30.3 Å². The molecule has 1 rings (SSSR count). The van der Waals surface area contributed by atoms with Crippen molar-refractivity contribution in [3.63, 3.8) is 0 Å². The summed E-state index contributed by atoms with van der Waals surface area (Å²) < 4.78 is 4.62. The van der Waals surface area contributed by atoms with Gasteiger partial charge in [0.15, 0.2) is 6.04 Å². The van der Waals surface area contributed by atoms with Crippen molar-refractivity contribution < 1.29 is 14.3 Å². The highest BCUT2D eigenvalue weighted by molar-refractivity contribution is 5.86. The van der Waals surface area contributed by atoms with Gasteiger partial charge in [-0.3, -0.25) is 4.79 Å². The lowest BCUT2D eigenvalue weighted by Gasteiger charge is -2.16. The fraction of sp³-hybridized carbons (Fsp3) is 0.273. The fourth-order valence-electron chi connectivity index (χ4n) is 1.26. The standard InChI is InChI=1S/C11H14N2O3.ClH/c1-16-11(15)10(13-9(14)7-12)8-5-3-2-4-6-8;/h2-6,10H,7,12H2,1H3,(H,13,14);1H/t10-;/m0./s1. The van der Waals surface area contributed by atoms with Crippen LogP contribution in [0.1, 0.15) is 11.6 Å². The van der Waals surface area contributed by atoms with Crippen molar-refractivity contribution in [2.75, 3.05) is 13.7 Å². The molecule has 5 nitrogen and oxygen atoms in total. The van der Waals surface area contributed by atoms with Gasteiger partial charge in [0.2, 0.25) is 5.91 Å². The Balaban J connectivity index is 0.00000256. The Hall–Kier alpha value is -1.59. The molecule has 0 radical (unpaired) electrons. The Morgan fingerprint density at radius 2 is 1.94 bits per heavy atom.